The van der Waals surface area contributed by atoms with Crippen LogP contribution in [0.5, 0.6) is 5.75 Å². The van der Waals surface area contributed by atoms with Gasteiger partial charge in [0.05, 0.1) is 5.69 Å². The fourth-order valence-corrected chi connectivity index (χ4v) is 2.72. The molecule has 1 amide bonds. The fourth-order valence-electron chi connectivity index (χ4n) is 2.72. The van der Waals surface area contributed by atoms with E-state index in [1.165, 1.54) is 11.8 Å². The first-order valence-electron chi connectivity index (χ1n) is 8.17. The number of ketones is 1. The maximum absolute atomic E-state index is 12.7. The number of amides is 1. The smallest absolute Gasteiger partial charge is 0.326 e. The van der Waals surface area contributed by atoms with Gasteiger partial charge in [-0.05, 0) is 37.5 Å². The Morgan fingerprint density at radius 3 is 2.50 bits per heavy atom. The van der Waals surface area contributed by atoms with Crippen LogP contribution in [0.4, 0.5) is 5.69 Å². The number of rotatable bonds is 6. The van der Waals surface area contributed by atoms with E-state index in [2.05, 4.69) is 0 Å². The van der Waals surface area contributed by atoms with Crippen LogP contribution in [0.1, 0.15) is 50.9 Å². The number of carboxylic acid groups (broad SMARTS) is 1. The van der Waals surface area contributed by atoms with Crippen LogP contribution in [0.2, 0.25) is 0 Å². The Labute approximate surface area is 141 Å². The van der Waals surface area contributed by atoms with Gasteiger partial charge < -0.3 is 9.84 Å². The number of ether oxygens (including phenoxy) is 1. The molecule has 0 aliphatic carbocycles. The molecule has 6 nitrogen and oxygen atoms in total. The normalized spacial score (nSPS) is 18.1. The number of nitrogens with zero attached hydrogens (tertiary/aromatic N) is 1. The molecule has 0 radical (unpaired) electrons. The number of benzene rings is 1. The van der Waals surface area contributed by atoms with Crippen molar-refractivity contribution in [3.05, 3.63) is 23.8 Å². The molecule has 0 aromatic heterocycles. The average molecular weight is 333 g/mol. The number of carboxylic acids is 1. The SMILES string of the molecule is CCCC(=O)c1ccc2c(c1)N(C(C)C(=O)O)C(=O)C(C(C)C)O2. The third-order valence-electron chi connectivity index (χ3n) is 4.10. The molecule has 0 fully saturated rings. The summed E-state index contributed by atoms with van der Waals surface area (Å²) >= 11 is 0. The predicted molar refractivity (Wildman–Crippen MR) is 89.5 cm³/mol. The van der Waals surface area contributed by atoms with Gasteiger partial charge in [0.15, 0.2) is 11.9 Å². The minimum atomic E-state index is -1.11. The molecule has 24 heavy (non-hydrogen) atoms. The molecule has 6 heteroatoms. The second-order valence-electron chi connectivity index (χ2n) is 6.36. The van der Waals surface area contributed by atoms with E-state index >= 15 is 0 Å². The van der Waals surface area contributed by atoms with Crippen LogP contribution >= 0.6 is 0 Å². The molecule has 2 unspecified atom stereocenters. The zero-order valence-electron chi connectivity index (χ0n) is 14.4. The van der Waals surface area contributed by atoms with Gasteiger partial charge in [-0.25, -0.2) is 4.79 Å². The first-order chi connectivity index (χ1) is 11.3. The molecule has 2 atom stereocenters. The molecule has 130 valence electrons. The number of aliphatic carboxylic acids is 1. The highest BCUT2D eigenvalue weighted by Gasteiger charge is 2.40. The third kappa shape index (κ3) is 3.27. The molecular weight excluding hydrogens is 310 g/mol. The van der Waals surface area contributed by atoms with Gasteiger partial charge in [-0.1, -0.05) is 20.8 Å². The Morgan fingerprint density at radius 1 is 1.29 bits per heavy atom. The summed E-state index contributed by atoms with van der Waals surface area (Å²) in [5.41, 5.74) is 0.798. The summed E-state index contributed by atoms with van der Waals surface area (Å²) in [6.07, 6.45) is 0.378. The molecule has 2 rings (SSSR count). The number of Topliss-reactive ketones (excluding diaryl/α,β-unsaturated/α-hetero) is 1. The number of hydrogen-bond acceptors (Lipinski definition) is 4. The van der Waals surface area contributed by atoms with Gasteiger partial charge in [0.1, 0.15) is 11.8 Å². The molecule has 1 aliphatic rings. The van der Waals surface area contributed by atoms with Crippen LogP contribution in [0.25, 0.3) is 0 Å². The molecule has 1 N–H and O–H groups in total. The lowest BCUT2D eigenvalue weighted by atomic mass is 9.99. The summed E-state index contributed by atoms with van der Waals surface area (Å²) in [6, 6.07) is 3.81. The van der Waals surface area contributed by atoms with Gasteiger partial charge in [0.25, 0.3) is 5.91 Å². The van der Waals surface area contributed by atoms with Crippen LogP contribution in [-0.4, -0.2) is 34.9 Å². The van der Waals surface area contributed by atoms with Crippen LogP contribution < -0.4 is 9.64 Å². The van der Waals surface area contributed by atoms with Crippen molar-refractivity contribution < 1.29 is 24.2 Å². The molecule has 1 aromatic rings. The number of carbonyl (C=O) groups is 3. The van der Waals surface area contributed by atoms with E-state index in [0.717, 1.165) is 6.42 Å². The Hall–Kier alpha value is -2.37. The highest BCUT2D eigenvalue weighted by atomic mass is 16.5. The molecule has 1 aromatic carbocycles. The van der Waals surface area contributed by atoms with E-state index in [1.54, 1.807) is 18.2 Å². The van der Waals surface area contributed by atoms with E-state index < -0.39 is 24.0 Å². The summed E-state index contributed by atoms with van der Waals surface area (Å²) in [5.74, 6) is -1.22. The lowest BCUT2D eigenvalue weighted by Gasteiger charge is -2.38. The number of anilines is 1. The van der Waals surface area contributed by atoms with Crippen LogP contribution in [0.3, 0.4) is 0 Å². The molecule has 0 saturated heterocycles. The highest BCUT2D eigenvalue weighted by Crippen LogP contribution is 2.38. The van der Waals surface area contributed by atoms with Crippen LogP contribution in [0, 0.1) is 5.92 Å². The zero-order chi connectivity index (χ0) is 18.0. The second-order valence-corrected chi connectivity index (χ2v) is 6.36. The van der Waals surface area contributed by atoms with Crippen molar-refractivity contribution in [3.8, 4) is 5.75 Å². The molecule has 1 aliphatic heterocycles. The van der Waals surface area contributed by atoms with Gasteiger partial charge in [-0.2, -0.15) is 0 Å². The number of hydrogen-bond donors (Lipinski definition) is 1. The number of carbonyl (C=O) groups excluding carboxylic acids is 2. The standard InChI is InChI=1S/C18H23NO5/c1-5-6-14(20)12-7-8-15-13(9-12)19(11(4)18(22)23)17(21)16(24-15)10(2)3/h7-11,16H,5-6H2,1-4H3,(H,22,23). The first-order valence-corrected chi connectivity index (χ1v) is 8.17. The van der Waals surface area contributed by atoms with Crippen molar-refractivity contribution in [1.29, 1.82) is 0 Å². The molecule has 0 spiro atoms. The minimum Gasteiger partial charge on any atom is -0.480 e. The topological polar surface area (TPSA) is 83.9 Å². The largest absolute Gasteiger partial charge is 0.480 e. The summed E-state index contributed by atoms with van der Waals surface area (Å²) in [5, 5.41) is 9.36. The lowest BCUT2D eigenvalue weighted by Crippen LogP contribution is -2.54. The van der Waals surface area contributed by atoms with Crippen molar-refractivity contribution in [2.24, 2.45) is 5.92 Å². The quantitative estimate of drug-likeness (QED) is 0.809. The van der Waals surface area contributed by atoms with E-state index in [-0.39, 0.29) is 11.7 Å². The number of fused-ring (bicyclic) bond motifs is 1. The van der Waals surface area contributed by atoms with Gasteiger partial charge in [0, 0.05) is 12.0 Å². The van der Waals surface area contributed by atoms with Crippen LogP contribution in [0.15, 0.2) is 18.2 Å². The van der Waals surface area contributed by atoms with Crippen LogP contribution in [-0.2, 0) is 9.59 Å². The van der Waals surface area contributed by atoms with E-state index in [1.807, 2.05) is 20.8 Å². The fraction of sp³-hybridized carbons (Fsp3) is 0.500. The van der Waals surface area contributed by atoms with Gasteiger partial charge >= 0.3 is 5.97 Å². The Kier molecular flexibility index (Phi) is 5.26. The molecule has 1 heterocycles. The summed E-state index contributed by atoms with van der Waals surface area (Å²) in [6.45, 7) is 7.05. The summed E-state index contributed by atoms with van der Waals surface area (Å²) < 4.78 is 5.77. The van der Waals surface area contributed by atoms with E-state index in [9.17, 15) is 19.5 Å². The zero-order valence-corrected chi connectivity index (χ0v) is 14.4. The average Bonchev–Trinajstić information content (AvgIpc) is 2.53. The van der Waals surface area contributed by atoms with Crippen molar-refractivity contribution in [1.82, 2.24) is 0 Å². The lowest BCUT2D eigenvalue weighted by molar-refractivity contribution is -0.141. The maximum atomic E-state index is 12.7. The molecule has 0 saturated carbocycles. The third-order valence-corrected chi connectivity index (χ3v) is 4.10. The second kappa shape index (κ2) is 7.03. The molecule has 0 bridgehead atoms. The van der Waals surface area contributed by atoms with E-state index in [0.29, 0.717) is 23.4 Å². The summed E-state index contributed by atoms with van der Waals surface area (Å²) in [4.78, 5) is 37.6. The Bertz CT molecular complexity index is 667. The molecular formula is C18H23NO5. The predicted octanol–water partition coefficient (Wildman–Crippen LogP) is 2.89. The van der Waals surface area contributed by atoms with Gasteiger partial charge in [-0.3, -0.25) is 14.5 Å². The monoisotopic (exact) mass is 333 g/mol. The van der Waals surface area contributed by atoms with Gasteiger partial charge in [-0.15, -0.1) is 0 Å². The Morgan fingerprint density at radius 2 is 1.96 bits per heavy atom. The van der Waals surface area contributed by atoms with Crippen molar-refractivity contribution >= 4 is 23.3 Å². The van der Waals surface area contributed by atoms with Crippen molar-refractivity contribution in [2.45, 2.75) is 52.7 Å². The van der Waals surface area contributed by atoms with Crippen molar-refractivity contribution in [2.75, 3.05) is 4.90 Å². The minimum absolute atomic E-state index is 0.0401. The first kappa shape index (κ1) is 18.0. The van der Waals surface area contributed by atoms with E-state index in [4.69, 9.17) is 4.74 Å². The highest BCUT2D eigenvalue weighted by molar-refractivity contribution is 6.06. The maximum Gasteiger partial charge on any atom is 0.326 e. The van der Waals surface area contributed by atoms with Gasteiger partial charge in [0.2, 0.25) is 0 Å². The Balaban J connectivity index is 2.53. The summed E-state index contributed by atoms with van der Waals surface area (Å²) in [7, 11) is 0. The van der Waals surface area contributed by atoms with Crippen molar-refractivity contribution in [3.63, 3.8) is 0 Å².